The fourth-order valence-corrected chi connectivity index (χ4v) is 5.58. The highest BCUT2D eigenvalue weighted by atomic mass is 16.7. The molecule has 0 atom stereocenters. The number of rotatable bonds is 36. The molecule has 0 aromatic rings. The second-order valence-corrected chi connectivity index (χ2v) is 13.3. The lowest BCUT2D eigenvalue weighted by atomic mass is 10.1. The lowest BCUT2D eigenvalue weighted by molar-refractivity contribution is -0.150. The zero-order chi connectivity index (χ0) is 31.3. The van der Waals surface area contributed by atoms with Crippen molar-refractivity contribution in [3.05, 3.63) is 24.3 Å². The summed E-state index contributed by atoms with van der Waals surface area (Å²) in [6.07, 6.45) is 47.1. The fourth-order valence-electron chi connectivity index (χ4n) is 5.58. The third-order valence-electron chi connectivity index (χ3n) is 8.43. The van der Waals surface area contributed by atoms with Gasteiger partial charge in [-0.3, -0.25) is 0 Å². The van der Waals surface area contributed by atoms with Gasteiger partial charge in [0.2, 0.25) is 0 Å². The maximum Gasteiger partial charge on any atom is 0.170 e. The molecule has 0 aliphatic heterocycles. The number of likely N-dealkylation sites (N-methyl/N-ethyl adjacent to an activating group) is 1. The van der Waals surface area contributed by atoms with Crippen LogP contribution in [0.1, 0.15) is 194 Å². The topological polar surface area (TPSA) is 21.7 Å². The quantitative estimate of drug-likeness (QED) is 0.0403. The van der Waals surface area contributed by atoms with Gasteiger partial charge in [0.15, 0.2) is 6.29 Å². The predicted molar refractivity (Wildman–Crippen MR) is 193 cm³/mol. The van der Waals surface area contributed by atoms with E-state index in [-0.39, 0.29) is 6.29 Å². The highest BCUT2D eigenvalue weighted by Gasteiger charge is 2.10. The number of nitrogens with zero attached hydrogens (tertiary/aromatic N) is 1. The standard InChI is InChI=1S/C40H79NO2/c1-5-7-9-11-13-15-17-19-21-23-25-27-29-31-33-35-37-42-40(39-41(3)4)43-38-36-34-32-30-28-26-24-22-20-18-16-14-12-10-8-6-2/h19-22,40H,5-18,23-39H2,1-4H3/b21-19-,22-20-. The van der Waals surface area contributed by atoms with Crippen LogP contribution in [0.2, 0.25) is 0 Å². The minimum Gasteiger partial charge on any atom is -0.351 e. The summed E-state index contributed by atoms with van der Waals surface area (Å²) in [5.41, 5.74) is 0. The van der Waals surface area contributed by atoms with Crippen LogP contribution in [0.3, 0.4) is 0 Å². The van der Waals surface area contributed by atoms with Crippen LogP contribution in [0, 0.1) is 0 Å². The van der Waals surface area contributed by atoms with E-state index in [1.165, 1.54) is 167 Å². The molecule has 0 saturated carbocycles. The van der Waals surface area contributed by atoms with Crippen LogP contribution in [0.5, 0.6) is 0 Å². The van der Waals surface area contributed by atoms with Gasteiger partial charge in [-0.2, -0.15) is 0 Å². The largest absolute Gasteiger partial charge is 0.351 e. The first kappa shape index (κ1) is 42.4. The second kappa shape index (κ2) is 37.5. The Morgan fingerprint density at radius 2 is 0.674 bits per heavy atom. The van der Waals surface area contributed by atoms with E-state index < -0.39 is 0 Å². The van der Waals surface area contributed by atoms with Crippen molar-refractivity contribution in [2.45, 2.75) is 200 Å². The summed E-state index contributed by atoms with van der Waals surface area (Å²) in [5, 5.41) is 0. The number of hydrogen-bond donors (Lipinski definition) is 0. The minimum atomic E-state index is -0.0822. The molecule has 3 nitrogen and oxygen atoms in total. The summed E-state index contributed by atoms with van der Waals surface area (Å²) in [4.78, 5) is 2.18. The Hall–Kier alpha value is -0.640. The van der Waals surface area contributed by atoms with Crippen LogP contribution in [0.25, 0.3) is 0 Å². The molecule has 0 fully saturated rings. The van der Waals surface area contributed by atoms with Crippen LogP contribution >= 0.6 is 0 Å². The highest BCUT2D eigenvalue weighted by molar-refractivity contribution is 4.82. The van der Waals surface area contributed by atoms with Gasteiger partial charge in [-0.25, -0.2) is 0 Å². The van der Waals surface area contributed by atoms with Crippen molar-refractivity contribution in [3.8, 4) is 0 Å². The molecule has 0 heterocycles. The molecule has 43 heavy (non-hydrogen) atoms. The van der Waals surface area contributed by atoms with Gasteiger partial charge < -0.3 is 14.4 Å². The normalized spacial score (nSPS) is 12.2. The van der Waals surface area contributed by atoms with Gasteiger partial charge in [0, 0.05) is 19.8 Å². The Kier molecular flexibility index (Phi) is 37.0. The van der Waals surface area contributed by atoms with Gasteiger partial charge in [0.1, 0.15) is 0 Å². The molecule has 0 saturated heterocycles. The first-order valence-electron chi connectivity index (χ1n) is 19.4. The van der Waals surface area contributed by atoms with E-state index in [9.17, 15) is 0 Å². The second-order valence-electron chi connectivity index (χ2n) is 13.3. The first-order valence-corrected chi connectivity index (χ1v) is 19.4. The maximum absolute atomic E-state index is 6.12. The van der Waals surface area contributed by atoms with Crippen LogP contribution in [-0.4, -0.2) is 45.0 Å². The molecule has 0 aliphatic carbocycles. The van der Waals surface area contributed by atoms with Gasteiger partial charge in [0.25, 0.3) is 0 Å². The Labute approximate surface area is 272 Å². The van der Waals surface area contributed by atoms with Crippen LogP contribution in [0.4, 0.5) is 0 Å². The fraction of sp³-hybridized carbons (Fsp3) is 0.900. The van der Waals surface area contributed by atoms with E-state index in [4.69, 9.17) is 9.47 Å². The van der Waals surface area contributed by atoms with Crippen molar-refractivity contribution in [1.82, 2.24) is 4.90 Å². The van der Waals surface area contributed by atoms with Crippen molar-refractivity contribution < 1.29 is 9.47 Å². The molecular formula is C40H79NO2. The molecule has 0 spiro atoms. The molecule has 0 amide bonds. The van der Waals surface area contributed by atoms with E-state index >= 15 is 0 Å². The summed E-state index contributed by atoms with van der Waals surface area (Å²) in [6, 6.07) is 0. The first-order chi connectivity index (χ1) is 21.2. The number of ether oxygens (including phenoxy) is 2. The summed E-state index contributed by atoms with van der Waals surface area (Å²) < 4.78 is 12.2. The van der Waals surface area contributed by atoms with Gasteiger partial charge in [-0.15, -0.1) is 0 Å². The smallest absolute Gasteiger partial charge is 0.170 e. The third-order valence-corrected chi connectivity index (χ3v) is 8.43. The Morgan fingerprint density at radius 3 is 0.977 bits per heavy atom. The molecule has 0 rings (SSSR count). The molecule has 0 aromatic heterocycles. The Bertz CT molecular complexity index is 515. The number of hydrogen-bond acceptors (Lipinski definition) is 3. The van der Waals surface area contributed by atoms with Gasteiger partial charge in [-0.05, 0) is 78.3 Å². The summed E-state index contributed by atoms with van der Waals surface area (Å²) >= 11 is 0. The van der Waals surface area contributed by atoms with Crippen LogP contribution < -0.4 is 0 Å². The molecule has 0 bridgehead atoms. The molecule has 0 aromatic carbocycles. The summed E-state index contributed by atoms with van der Waals surface area (Å²) in [5.74, 6) is 0. The molecular weight excluding hydrogens is 526 g/mol. The van der Waals surface area contributed by atoms with Gasteiger partial charge in [0.05, 0.1) is 0 Å². The monoisotopic (exact) mass is 606 g/mol. The Balaban J connectivity index is 3.53. The minimum absolute atomic E-state index is 0.0822. The van der Waals surface area contributed by atoms with Gasteiger partial charge in [-0.1, -0.05) is 154 Å². The van der Waals surface area contributed by atoms with E-state index in [2.05, 4.69) is 57.1 Å². The average molecular weight is 606 g/mol. The third kappa shape index (κ3) is 37.5. The lowest BCUT2D eigenvalue weighted by Crippen LogP contribution is -2.31. The maximum atomic E-state index is 6.12. The molecule has 0 aliphatic rings. The average Bonchev–Trinajstić information content (AvgIpc) is 2.99. The Morgan fingerprint density at radius 1 is 0.395 bits per heavy atom. The molecule has 256 valence electrons. The highest BCUT2D eigenvalue weighted by Crippen LogP contribution is 2.12. The van der Waals surface area contributed by atoms with Crippen LogP contribution in [0.15, 0.2) is 24.3 Å². The number of unbranched alkanes of at least 4 members (excludes halogenated alkanes) is 24. The van der Waals surface area contributed by atoms with Crippen molar-refractivity contribution in [2.24, 2.45) is 0 Å². The lowest BCUT2D eigenvalue weighted by Gasteiger charge is -2.22. The molecule has 0 unspecified atom stereocenters. The van der Waals surface area contributed by atoms with Crippen LogP contribution in [-0.2, 0) is 9.47 Å². The molecule has 3 heteroatoms. The zero-order valence-electron chi connectivity index (χ0n) is 30.1. The van der Waals surface area contributed by atoms with E-state index in [0.717, 1.165) is 32.6 Å². The zero-order valence-corrected chi connectivity index (χ0v) is 30.1. The number of allylic oxidation sites excluding steroid dienone is 4. The summed E-state index contributed by atoms with van der Waals surface area (Å²) in [7, 11) is 4.21. The molecule has 0 radical (unpaired) electrons. The summed E-state index contributed by atoms with van der Waals surface area (Å²) in [6.45, 7) is 7.08. The van der Waals surface area contributed by atoms with E-state index in [0.29, 0.717) is 0 Å². The van der Waals surface area contributed by atoms with E-state index in [1.54, 1.807) is 0 Å². The van der Waals surface area contributed by atoms with Crippen molar-refractivity contribution in [2.75, 3.05) is 33.9 Å². The SMILES string of the molecule is CCCCCCCC/C=C\CCCCCCCCOC(CN(C)C)OCCCCCCCC/C=C\CCCCCCCC. The predicted octanol–water partition coefficient (Wildman–Crippen LogP) is 13.0. The van der Waals surface area contributed by atoms with Crippen molar-refractivity contribution in [1.29, 1.82) is 0 Å². The van der Waals surface area contributed by atoms with E-state index in [1.807, 2.05) is 0 Å². The van der Waals surface area contributed by atoms with Gasteiger partial charge >= 0.3 is 0 Å². The molecule has 0 N–H and O–H groups in total. The van der Waals surface area contributed by atoms with Crippen molar-refractivity contribution in [3.63, 3.8) is 0 Å². The van der Waals surface area contributed by atoms with Crippen molar-refractivity contribution >= 4 is 0 Å².